The summed E-state index contributed by atoms with van der Waals surface area (Å²) in [4.78, 5) is 23.6. The number of carbonyl (C=O) groups is 2. The maximum atomic E-state index is 12.1. The van der Waals surface area contributed by atoms with Gasteiger partial charge in [-0.05, 0) is 42.6 Å². The van der Waals surface area contributed by atoms with Crippen molar-refractivity contribution in [2.24, 2.45) is 17.3 Å². The molecule has 0 aromatic carbocycles. The van der Waals surface area contributed by atoms with Gasteiger partial charge in [-0.3, -0.25) is 4.79 Å². The highest BCUT2D eigenvalue weighted by Gasteiger charge is 2.49. The zero-order valence-electron chi connectivity index (χ0n) is 12.5. The number of aliphatic hydroxyl groups is 1. The molecule has 0 unspecified atom stereocenters. The summed E-state index contributed by atoms with van der Waals surface area (Å²) in [5.41, 5.74) is 1.62. The quantitative estimate of drug-likeness (QED) is 0.620. The molecule has 2 aliphatic carbocycles. The molecule has 1 fully saturated rings. The second-order valence-corrected chi connectivity index (χ2v) is 6.69. The second kappa shape index (κ2) is 4.85. The predicted octanol–water partition coefficient (Wildman–Crippen LogP) is 2.03. The number of fused-ring (bicyclic) bond motifs is 1. The lowest BCUT2D eigenvalue weighted by atomic mass is 9.72. The molecule has 0 aliphatic heterocycles. The Morgan fingerprint density at radius 3 is 2.50 bits per heavy atom. The van der Waals surface area contributed by atoms with Crippen molar-refractivity contribution in [1.29, 1.82) is 0 Å². The lowest BCUT2D eigenvalue weighted by Gasteiger charge is -2.34. The van der Waals surface area contributed by atoms with Crippen molar-refractivity contribution in [3.63, 3.8) is 0 Å². The molecule has 0 aromatic rings. The molecule has 0 heterocycles. The zero-order chi connectivity index (χ0) is 15.2. The molecule has 0 spiro atoms. The van der Waals surface area contributed by atoms with Crippen LogP contribution in [0.25, 0.3) is 0 Å². The topological polar surface area (TPSA) is 63.6 Å². The largest absolute Gasteiger partial charge is 0.463 e. The van der Waals surface area contributed by atoms with Gasteiger partial charge in [0.2, 0.25) is 0 Å². The number of Topliss-reactive ketones (excluding diaryl/α,β-unsaturated/α-hetero) is 1. The fourth-order valence-corrected chi connectivity index (χ4v) is 3.78. The van der Waals surface area contributed by atoms with Crippen molar-refractivity contribution < 1.29 is 19.4 Å². The lowest BCUT2D eigenvalue weighted by Crippen LogP contribution is -2.36. The Labute approximate surface area is 119 Å². The third kappa shape index (κ3) is 2.22. The van der Waals surface area contributed by atoms with Crippen LogP contribution in [0.2, 0.25) is 0 Å². The minimum atomic E-state index is -0.900. The van der Waals surface area contributed by atoms with Gasteiger partial charge in [-0.25, -0.2) is 4.79 Å². The first-order chi connectivity index (χ1) is 9.19. The van der Waals surface area contributed by atoms with E-state index in [2.05, 4.69) is 25.2 Å². The number of aliphatic hydroxyl groups excluding tert-OH is 1. The van der Waals surface area contributed by atoms with Crippen LogP contribution in [0.4, 0.5) is 0 Å². The minimum absolute atomic E-state index is 0.0895. The van der Waals surface area contributed by atoms with E-state index in [1.807, 2.05) is 6.92 Å². The Morgan fingerprint density at radius 1 is 1.35 bits per heavy atom. The van der Waals surface area contributed by atoms with Crippen molar-refractivity contribution >= 4 is 11.8 Å². The summed E-state index contributed by atoms with van der Waals surface area (Å²) in [6.45, 7) is 10.0. The molecule has 20 heavy (non-hydrogen) atoms. The van der Waals surface area contributed by atoms with Gasteiger partial charge in [0.1, 0.15) is 0 Å². The molecule has 1 saturated carbocycles. The summed E-state index contributed by atoms with van der Waals surface area (Å²) in [5, 5.41) is 10.4. The molecule has 0 saturated heterocycles. The van der Waals surface area contributed by atoms with Crippen LogP contribution in [0.3, 0.4) is 0 Å². The number of esters is 1. The Kier molecular flexibility index (Phi) is 3.63. The molecule has 1 N–H and O–H groups in total. The van der Waals surface area contributed by atoms with Gasteiger partial charge in [-0.1, -0.05) is 26.0 Å². The van der Waals surface area contributed by atoms with Gasteiger partial charge < -0.3 is 9.84 Å². The van der Waals surface area contributed by atoms with Crippen LogP contribution >= 0.6 is 0 Å². The molecule has 3 atom stereocenters. The molecule has 4 heteroatoms. The summed E-state index contributed by atoms with van der Waals surface area (Å²) in [6.07, 6.45) is 1.05. The summed E-state index contributed by atoms with van der Waals surface area (Å²) >= 11 is 0. The fourth-order valence-electron chi connectivity index (χ4n) is 3.78. The first kappa shape index (κ1) is 15.0. The second-order valence-electron chi connectivity index (χ2n) is 6.69. The van der Waals surface area contributed by atoms with Crippen molar-refractivity contribution in [2.75, 3.05) is 7.11 Å². The normalized spacial score (nSPS) is 32.0. The minimum Gasteiger partial charge on any atom is -0.463 e. The maximum absolute atomic E-state index is 12.1. The average Bonchev–Trinajstić information content (AvgIpc) is 2.71. The Hall–Kier alpha value is -1.42. The maximum Gasteiger partial charge on any atom is 0.379 e. The molecule has 2 aliphatic rings. The number of ether oxygens (including phenoxy) is 1. The average molecular weight is 278 g/mol. The van der Waals surface area contributed by atoms with E-state index < -0.39 is 17.9 Å². The van der Waals surface area contributed by atoms with E-state index in [1.54, 1.807) is 0 Å². The monoisotopic (exact) mass is 278 g/mol. The summed E-state index contributed by atoms with van der Waals surface area (Å²) in [7, 11) is 1.18. The Balaban J connectivity index is 2.46. The molecule has 0 amide bonds. The predicted molar refractivity (Wildman–Crippen MR) is 74.9 cm³/mol. The van der Waals surface area contributed by atoms with Crippen LogP contribution < -0.4 is 0 Å². The third-order valence-electron chi connectivity index (χ3n) is 4.71. The van der Waals surface area contributed by atoms with Crippen LogP contribution in [-0.2, 0) is 14.3 Å². The van der Waals surface area contributed by atoms with E-state index >= 15 is 0 Å². The standard InChI is InChI=1S/C16H22O4/c1-8-10-6-16(3,4)7-11(10)13(17)9(2)12(8)14(18)15(19)20-5/h10-11,13,17H,2,6-7H2,1,3-5H3/t10-,11-,13-/m1/s1. The highest BCUT2D eigenvalue weighted by atomic mass is 16.5. The number of carbonyl (C=O) groups excluding carboxylic acids is 2. The Morgan fingerprint density at radius 2 is 1.95 bits per heavy atom. The van der Waals surface area contributed by atoms with Crippen molar-refractivity contribution in [2.45, 2.75) is 39.7 Å². The van der Waals surface area contributed by atoms with E-state index in [1.165, 1.54) is 7.11 Å². The van der Waals surface area contributed by atoms with Gasteiger partial charge in [-0.15, -0.1) is 0 Å². The van der Waals surface area contributed by atoms with E-state index in [4.69, 9.17) is 0 Å². The molecular formula is C16H22O4. The smallest absolute Gasteiger partial charge is 0.379 e. The number of hydrogen-bond acceptors (Lipinski definition) is 4. The first-order valence-corrected chi connectivity index (χ1v) is 6.90. The molecule has 0 radical (unpaired) electrons. The SMILES string of the molecule is C=C1C(C(=O)C(=O)OC)=C(C)[C@H]2CC(C)(C)C[C@H]2[C@@H]1O. The van der Waals surface area contributed by atoms with E-state index in [9.17, 15) is 14.7 Å². The van der Waals surface area contributed by atoms with Gasteiger partial charge in [0.15, 0.2) is 0 Å². The van der Waals surface area contributed by atoms with Crippen molar-refractivity contribution in [1.82, 2.24) is 0 Å². The number of allylic oxidation sites excluding steroid dienone is 1. The van der Waals surface area contributed by atoms with Gasteiger partial charge in [0.25, 0.3) is 5.78 Å². The van der Waals surface area contributed by atoms with Crippen LogP contribution in [0.5, 0.6) is 0 Å². The summed E-state index contributed by atoms with van der Waals surface area (Å²) < 4.78 is 4.50. The van der Waals surface area contributed by atoms with Crippen LogP contribution in [-0.4, -0.2) is 30.1 Å². The molecule has 4 nitrogen and oxygen atoms in total. The Bertz CT molecular complexity index is 513. The molecule has 110 valence electrons. The van der Waals surface area contributed by atoms with E-state index in [-0.39, 0.29) is 22.8 Å². The van der Waals surface area contributed by atoms with Crippen LogP contribution in [0.1, 0.15) is 33.6 Å². The molecular weight excluding hydrogens is 256 g/mol. The van der Waals surface area contributed by atoms with Gasteiger partial charge in [0, 0.05) is 5.57 Å². The first-order valence-electron chi connectivity index (χ1n) is 6.90. The zero-order valence-corrected chi connectivity index (χ0v) is 12.5. The van der Waals surface area contributed by atoms with E-state index in [0.717, 1.165) is 18.4 Å². The van der Waals surface area contributed by atoms with Gasteiger partial charge in [0.05, 0.1) is 13.2 Å². The van der Waals surface area contributed by atoms with Crippen LogP contribution in [0.15, 0.2) is 23.3 Å². The number of ketones is 1. The number of rotatable bonds is 2. The number of methoxy groups -OCH3 is 1. The highest BCUT2D eigenvalue weighted by molar-refractivity contribution is 6.41. The van der Waals surface area contributed by atoms with E-state index in [0.29, 0.717) is 5.57 Å². The van der Waals surface area contributed by atoms with Crippen molar-refractivity contribution in [3.05, 3.63) is 23.3 Å². The van der Waals surface area contributed by atoms with Crippen LogP contribution in [0, 0.1) is 17.3 Å². The molecule has 0 bridgehead atoms. The number of hydrogen-bond donors (Lipinski definition) is 1. The van der Waals surface area contributed by atoms with Gasteiger partial charge >= 0.3 is 5.97 Å². The lowest BCUT2D eigenvalue weighted by molar-refractivity contribution is -0.149. The fraction of sp³-hybridized carbons (Fsp3) is 0.625. The summed E-state index contributed by atoms with van der Waals surface area (Å²) in [5.74, 6) is -1.37. The summed E-state index contributed by atoms with van der Waals surface area (Å²) in [6, 6.07) is 0. The molecule has 2 rings (SSSR count). The van der Waals surface area contributed by atoms with Crippen molar-refractivity contribution in [3.8, 4) is 0 Å². The molecule has 0 aromatic heterocycles. The van der Waals surface area contributed by atoms with Gasteiger partial charge in [-0.2, -0.15) is 0 Å². The third-order valence-corrected chi connectivity index (χ3v) is 4.71. The highest BCUT2D eigenvalue weighted by Crippen LogP contribution is 2.53.